The lowest BCUT2D eigenvalue weighted by Crippen LogP contribution is -2.26. The summed E-state index contributed by atoms with van der Waals surface area (Å²) in [5.74, 6) is 1.87. The lowest BCUT2D eigenvalue weighted by Gasteiger charge is -2.21. The number of nitrogens with zero attached hydrogens (tertiary/aromatic N) is 4. The molecular formula is C16H23N5S. The molecule has 0 aliphatic heterocycles. The van der Waals surface area contributed by atoms with Gasteiger partial charge in [-0.05, 0) is 47.9 Å². The van der Waals surface area contributed by atoms with Crippen molar-refractivity contribution in [2.24, 2.45) is 5.92 Å². The largest absolute Gasteiger partial charge is 0.316 e. The maximum atomic E-state index is 4.12. The highest BCUT2D eigenvalue weighted by molar-refractivity contribution is 7.99. The molecule has 22 heavy (non-hydrogen) atoms. The summed E-state index contributed by atoms with van der Waals surface area (Å²) in [6.45, 7) is 2.16. The molecule has 0 atom stereocenters. The molecule has 1 fully saturated rings. The third kappa shape index (κ3) is 4.30. The fourth-order valence-electron chi connectivity index (χ4n) is 2.91. The van der Waals surface area contributed by atoms with E-state index in [2.05, 4.69) is 20.8 Å². The molecule has 0 spiro atoms. The van der Waals surface area contributed by atoms with Crippen molar-refractivity contribution in [1.29, 1.82) is 0 Å². The SMILES string of the molecule is c1ccc(-n2nnnc2SCCNCC2CCCCC2)cc1. The van der Waals surface area contributed by atoms with Crippen molar-refractivity contribution >= 4 is 11.8 Å². The second-order valence-electron chi connectivity index (χ2n) is 5.77. The third-order valence-electron chi connectivity index (χ3n) is 4.11. The molecule has 1 aromatic carbocycles. The Bertz CT molecular complexity index is 551. The molecular weight excluding hydrogens is 294 g/mol. The number of hydrogen-bond donors (Lipinski definition) is 1. The summed E-state index contributed by atoms with van der Waals surface area (Å²) < 4.78 is 1.80. The zero-order valence-corrected chi connectivity index (χ0v) is 13.6. The molecule has 1 aromatic heterocycles. The Morgan fingerprint density at radius 1 is 1.14 bits per heavy atom. The molecule has 0 unspecified atom stereocenters. The van der Waals surface area contributed by atoms with Crippen LogP contribution in [0, 0.1) is 5.92 Å². The highest BCUT2D eigenvalue weighted by Gasteiger charge is 2.12. The molecule has 1 saturated carbocycles. The predicted octanol–water partition coefficient (Wildman–Crippen LogP) is 2.92. The van der Waals surface area contributed by atoms with Gasteiger partial charge < -0.3 is 5.32 Å². The molecule has 118 valence electrons. The zero-order chi connectivity index (χ0) is 15.0. The second kappa shape index (κ2) is 8.29. The van der Waals surface area contributed by atoms with E-state index in [9.17, 15) is 0 Å². The number of nitrogens with one attached hydrogen (secondary N) is 1. The molecule has 0 saturated heterocycles. The van der Waals surface area contributed by atoms with Crippen LogP contribution in [-0.2, 0) is 0 Å². The molecule has 1 heterocycles. The van der Waals surface area contributed by atoms with Crippen LogP contribution in [0.5, 0.6) is 0 Å². The summed E-state index contributed by atoms with van der Waals surface area (Å²) in [5.41, 5.74) is 1.00. The van der Waals surface area contributed by atoms with E-state index in [0.29, 0.717) is 0 Å². The quantitative estimate of drug-likeness (QED) is 0.628. The van der Waals surface area contributed by atoms with Gasteiger partial charge in [-0.25, -0.2) is 0 Å². The second-order valence-corrected chi connectivity index (χ2v) is 6.83. The molecule has 1 N–H and O–H groups in total. The average Bonchev–Trinajstić information content (AvgIpc) is 3.05. The highest BCUT2D eigenvalue weighted by Crippen LogP contribution is 2.23. The van der Waals surface area contributed by atoms with Gasteiger partial charge in [0.25, 0.3) is 0 Å². The molecule has 1 aliphatic carbocycles. The number of aromatic nitrogens is 4. The molecule has 0 amide bonds. The van der Waals surface area contributed by atoms with Crippen LogP contribution in [-0.4, -0.2) is 39.0 Å². The number of thioether (sulfide) groups is 1. The molecule has 5 nitrogen and oxygen atoms in total. The first kappa shape index (κ1) is 15.5. The predicted molar refractivity (Wildman–Crippen MR) is 89.3 cm³/mol. The number of hydrogen-bond acceptors (Lipinski definition) is 5. The minimum absolute atomic E-state index is 0.852. The van der Waals surface area contributed by atoms with Gasteiger partial charge in [0.2, 0.25) is 5.16 Å². The van der Waals surface area contributed by atoms with E-state index in [-0.39, 0.29) is 0 Å². The lowest BCUT2D eigenvalue weighted by molar-refractivity contribution is 0.345. The van der Waals surface area contributed by atoms with Crippen LogP contribution in [0.1, 0.15) is 32.1 Å². The van der Waals surface area contributed by atoms with Crippen molar-refractivity contribution in [3.63, 3.8) is 0 Å². The zero-order valence-electron chi connectivity index (χ0n) is 12.8. The van der Waals surface area contributed by atoms with Crippen LogP contribution < -0.4 is 5.32 Å². The Morgan fingerprint density at radius 2 is 1.95 bits per heavy atom. The Labute approximate surface area is 135 Å². The Morgan fingerprint density at radius 3 is 2.77 bits per heavy atom. The van der Waals surface area contributed by atoms with Crippen molar-refractivity contribution in [2.75, 3.05) is 18.8 Å². The van der Waals surface area contributed by atoms with Crippen LogP contribution in [0.25, 0.3) is 5.69 Å². The Balaban J connectivity index is 1.42. The van der Waals surface area contributed by atoms with Gasteiger partial charge in [0.05, 0.1) is 5.69 Å². The summed E-state index contributed by atoms with van der Waals surface area (Å²) in [6, 6.07) is 10.0. The molecule has 1 aliphatic rings. The molecule has 0 bridgehead atoms. The molecule has 3 rings (SSSR count). The van der Waals surface area contributed by atoms with Crippen LogP contribution >= 0.6 is 11.8 Å². The maximum Gasteiger partial charge on any atom is 0.214 e. The molecule has 2 aromatic rings. The van der Waals surface area contributed by atoms with E-state index >= 15 is 0 Å². The monoisotopic (exact) mass is 317 g/mol. The van der Waals surface area contributed by atoms with E-state index in [1.807, 2.05) is 30.3 Å². The van der Waals surface area contributed by atoms with Crippen molar-refractivity contribution in [3.05, 3.63) is 30.3 Å². The van der Waals surface area contributed by atoms with Crippen LogP contribution in [0.3, 0.4) is 0 Å². The van der Waals surface area contributed by atoms with Gasteiger partial charge in [-0.3, -0.25) is 0 Å². The van der Waals surface area contributed by atoms with Crippen LogP contribution in [0.15, 0.2) is 35.5 Å². The Hall–Kier alpha value is -1.40. The number of para-hydroxylation sites is 1. The van der Waals surface area contributed by atoms with Crippen molar-refractivity contribution in [1.82, 2.24) is 25.5 Å². The van der Waals surface area contributed by atoms with E-state index in [4.69, 9.17) is 0 Å². The van der Waals surface area contributed by atoms with Gasteiger partial charge in [0.15, 0.2) is 0 Å². The topological polar surface area (TPSA) is 55.6 Å². The van der Waals surface area contributed by atoms with Crippen molar-refractivity contribution < 1.29 is 0 Å². The van der Waals surface area contributed by atoms with E-state index in [1.54, 1.807) is 16.4 Å². The standard InChI is InChI=1S/C16H23N5S/c1-3-7-14(8-4-1)13-17-11-12-22-16-18-19-20-21(16)15-9-5-2-6-10-15/h2,5-6,9-10,14,17H,1,3-4,7-8,11-13H2. The fourth-order valence-corrected chi connectivity index (χ4v) is 3.70. The van der Waals surface area contributed by atoms with E-state index < -0.39 is 0 Å². The van der Waals surface area contributed by atoms with E-state index in [0.717, 1.165) is 35.6 Å². The van der Waals surface area contributed by atoms with Crippen LogP contribution in [0.2, 0.25) is 0 Å². The minimum atomic E-state index is 0.852. The number of rotatable bonds is 7. The molecule has 6 heteroatoms. The van der Waals surface area contributed by atoms with Crippen molar-refractivity contribution in [2.45, 2.75) is 37.3 Å². The van der Waals surface area contributed by atoms with Crippen molar-refractivity contribution in [3.8, 4) is 5.69 Å². The number of benzene rings is 1. The minimum Gasteiger partial charge on any atom is -0.316 e. The maximum absolute atomic E-state index is 4.12. The first-order valence-electron chi connectivity index (χ1n) is 8.11. The normalized spacial score (nSPS) is 16.0. The summed E-state index contributed by atoms with van der Waals surface area (Å²) in [6.07, 6.45) is 7.03. The Kier molecular flexibility index (Phi) is 5.84. The summed E-state index contributed by atoms with van der Waals surface area (Å²) >= 11 is 1.70. The molecule has 0 radical (unpaired) electrons. The van der Waals surface area contributed by atoms with E-state index in [1.165, 1.54) is 32.1 Å². The lowest BCUT2D eigenvalue weighted by atomic mass is 9.89. The summed E-state index contributed by atoms with van der Waals surface area (Å²) in [4.78, 5) is 0. The van der Waals surface area contributed by atoms with Crippen LogP contribution in [0.4, 0.5) is 0 Å². The summed E-state index contributed by atoms with van der Waals surface area (Å²) in [5, 5.41) is 16.4. The smallest absolute Gasteiger partial charge is 0.214 e. The first-order valence-corrected chi connectivity index (χ1v) is 9.09. The van der Waals surface area contributed by atoms with Gasteiger partial charge in [-0.2, -0.15) is 4.68 Å². The van der Waals surface area contributed by atoms with Gasteiger partial charge in [-0.15, -0.1) is 5.10 Å². The fraction of sp³-hybridized carbons (Fsp3) is 0.562. The highest BCUT2D eigenvalue weighted by atomic mass is 32.2. The number of tetrazole rings is 1. The van der Waals surface area contributed by atoms with Gasteiger partial charge in [0, 0.05) is 12.3 Å². The summed E-state index contributed by atoms with van der Waals surface area (Å²) in [7, 11) is 0. The van der Waals surface area contributed by atoms with Gasteiger partial charge in [0.1, 0.15) is 0 Å². The first-order chi connectivity index (χ1) is 10.9. The van der Waals surface area contributed by atoms with Gasteiger partial charge >= 0.3 is 0 Å². The third-order valence-corrected chi connectivity index (χ3v) is 5.03. The van der Waals surface area contributed by atoms with Gasteiger partial charge in [-0.1, -0.05) is 49.2 Å². The average molecular weight is 317 g/mol.